The molecule has 1 saturated heterocycles. The van der Waals surface area contributed by atoms with Crippen LogP contribution in [0.1, 0.15) is 30.9 Å². The predicted octanol–water partition coefficient (Wildman–Crippen LogP) is 1.97. The van der Waals surface area contributed by atoms with Crippen LogP contribution in [0.5, 0.6) is 0 Å². The third-order valence-corrected chi connectivity index (χ3v) is 6.43. The van der Waals surface area contributed by atoms with Crippen molar-refractivity contribution in [3.8, 4) is 0 Å². The van der Waals surface area contributed by atoms with Crippen molar-refractivity contribution >= 4 is 15.7 Å². The van der Waals surface area contributed by atoms with Gasteiger partial charge in [0.1, 0.15) is 0 Å². The van der Waals surface area contributed by atoms with Crippen molar-refractivity contribution in [2.45, 2.75) is 44.6 Å². The van der Waals surface area contributed by atoms with Gasteiger partial charge < -0.3 is 5.32 Å². The Bertz CT molecular complexity index is 697. The van der Waals surface area contributed by atoms with Crippen molar-refractivity contribution in [3.63, 3.8) is 0 Å². The van der Waals surface area contributed by atoms with Crippen LogP contribution in [-0.2, 0) is 10.0 Å². The van der Waals surface area contributed by atoms with Gasteiger partial charge >= 0.3 is 0 Å². The van der Waals surface area contributed by atoms with E-state index in [9.17, 15) is 18.5 Å². The summed E-state index contributed by atoms with van der Waals surface area (Å²) in [5.74, 6) is 0. The highest BCUT2D eigenvalue weighted by molar-refractivity contribution is 7.89. The average Bonchev–Trinajstić information content (AvgIpc) is 3.00. The van der Waals surface area contributed by atoms with Gasteiger partial charge in [0.2, 0.25) is 10.0 Å². The fourth-order valence-corrected chi connectivity index (χ4v) is 5.15. The van der Waals surface area contributed by atoms with E-state index < -0.39 is 14.9 Å². The summed E-state index contributed by atoms with van der Waals surface area (Å²) in [5, 5.41) is 14.5. The van der Waals surface area contributed by atoms with Crippen LogP contribution in [0.3, 0.4) is 0 Å². The second-order valence-corrected chi connectivity index (χ2v) is 7.70. The van der Waals surface area contributed by atoms with Crippen LogP contribution in [0.2, 0.25) is 0 Å². The third kappa shape index (κ3) is 3.39. The van der Waals surface area contributed by atoms with E-state index in [2.05, 4.69) is 5.32 Å². The molecule has 0 aromatic heterocycles. The van der Waals surface area contributed by atoms with Gasteiger partial charge in [-0.05, 0) is 44.4 Å². The van der Waals surface area contributed by atoms with Crippen molar-refractivity contribution in [1.82, 2.24) is 9.62 Å². The fourth-order valence-electron chi connectivity index (χ4n) is 2.97. The monoisotopic (exact) mass is 341 g/mol. The molecule has 7 nitrogen and oxygen atoms in total. The molecule has 0 amide bonds. The van der Waals surface area contributed by atoms with Gasteiger partial charge in [-0.1, -0.05) is 13.0 Å². The van der Waals surface area contributed by atoms with Crippen LogP contribution < -0.4 is 5.32 Å². The minimum absolute atomic E-state index is 0.153. The molecular weight excluding hydrogens is 318 g/mol. The first-order chi connectivity index (χ1) is 10.8. The van der Waals surface area contributed by atoms with Gasteiger partial charge in [0.15, 0.2) is 4.90 Å². The van der Waals surface area contributed by atoms with E-state index >= 15 is 0 Å². The van der Waals surface area contributed by atoms with Crippen LogP contribution in [0.15, 0.2) is 17.0 Å². The highest BCUT2D eigenvalue weighted by Crippen LogP contribution is 2.33. The molecule has 1 fully saturated rings. The van der Waals surface area contributed by atoms with E-state index in [1.54, 1.807) is 19.9 Å². The molecule has 1 N–H and O–H groups in total. The minimum atomic E-state index is -3.92. The maximum atomic E-state index is 13.2. The molecule has 0 aliphatic carbocycles. The van der Waals surface area contributed by atoms with Crippen LogP contribution in [0, 0.1) is 24.0 Å². The molecule has 1 aliphatic rings. The molecule has 1 heterocycles. The first-order valence-electron chi connectivity index (χ1n) is 7.77. The molecule has 2 rings (SSSR count). The summed E-state index contributed by atoms with van der Waals surface area (Å²) < 4.78 is 27.8. The summed E-state index contributed by atoms with van der Waals surface area (Å²) in [4.78, 5) is 10.6. The first-order valence-corrected chi connectivity index (χ1v) is 9.21. The Hall–Kier alpha value is -1.51. The zero-order valence-corrected chi connectivity index (χ0v) is 14.5. The molecule has 0 spiro atoms. The summed E-state index contributed by atoms with van der Waals surface area (Å²) in [6, 6.07) is 2.72. The second-order valence-electron chi connectivity index (χ2n) is 5.88. The van der Waals surface area contributed by atoms with Gasteiger partial charge in [0, 0.05) is 25.2 Å². The van der Waals surface area contributed by atoms with Crippen molar-refractivity contribution in [3.05, 3.63) is 33.4 Å². The molecule has 1 aromatic rings. The zero-order valence-electron chi connectivity index (χ0n) is 13.7. The van der Waals surface area contributed by atoms with E-state index in [4.69, 9.17) is 0 Å². The van der Waals surface area contributed by atoms with Crippen LogP contribution in [0.25, 0.3) is 0 Å². The molecule has 0 radical (unpaired) electrons. The number of hydrogen-bond acceptors (Lipinski definition) is 5. The Labute approximate surface area is 136 Å². The number of nitrogens with zero attached hydrogens (tertiary/aromatic N) is 2. The quantitative estimate of drug-likeness (QED) is 0.631. The number of nitro benzene ring substituents is 1. The van der Waals surface area contributed by atoms with Gasteiger partial charge in [-0.25, -0.2) is 8.42 Å². The van der Waals surface area contributed by atoms with Crippen molar-refractivity contribution in [1.29, 1.82) is 0 Å². The van der Waals surface area contributed by atoms with Crippen LogP contribution >= 0.6 is 0 Å². The van der Waals surface area contributed by atoms with Gasteiger partial charge in [-0.15, -0.1) is 0 Å². The Balaban J connectivity index is 2.61. The van der Waals surface area contributed by atoms with Crippen molar-refractivity contribution < 1.29 is 13.3 Å². The number of hydrogen-bond donors (Lipinski definition) is 1. The highest BCUT2D eigenvalue weighted by Gasteiger charge is 2.38. The molecule has 1 aromatic carbocycles. The molecule has 1 unspecified atom stereocenters. The normalized spacial score (nSPS) is 18.5. The number of benzene rings is 1. The SMILES string of the molecule is CCCN(C1CCNC1)S(=O)(=O)c1c([N+](=O)[O-])ccc(C)c1C. The Morgan fingerprint density at radius 3 is 2.61 bits per heavy atom. The number of nitrogens with one attached hydrogen (secondary N) is 1. The maximum Gasteiger partial charge on any atom is 0.289 e. The molecule has 0 saturated carbocycles. The molecule has 0 bridgehead atoms. The third-order valence-electron chi connectivity index (χ3n) is 4.30. The van der Waals surface area contributed by atoms with Gasteiger partial charge in [-0.2, -0.15) is 4.31 Å². The lowest BCUT2D eigenvalue weighted by Gasteiger charge is -2.28. The molecule has 1 atom stereocenters. The molecule has 128 valence electrons. The number of rotatable bonds is 6. The Morgan fingerprint density at radius 2 is 2.09 bits per heavy atom. The molecular formula is C15H23N3O4S. The highest BCUT2D eigenvalue weighted by atomic mass is 32.2. The lowest BCUT2D eigenvalue weighted by atomic mass is 10.1. The lowest BCUT2D eigenvalue weighted by Crippen LogP contribution is -2.42. The van der Waals surface area contributed by atoms with Gasteiger partial charge in [0.25, 0.3) is 5.69 Å². The van der Waals surface area contributed by atoms with E-state index in [1.807, 2.05) is 6.92 Å². The van der Waals surface area contributed by atoms with Crippen LogP contribution in [-0.4, -0.2) is 43.3 Å². The number of sulfonamides is 1. The fraction of sp³-hybridized carbons (Fsp3) is 0.600. The summed E-state index contributed by atoms with van der Waals surface area (Å²) in [6.07, 6.45) is 1.38. The second kappa shape index (κ2) is 6.94. The van der Waals surface area contributed by atoms with Crippen molar-refractivity contribution in [2.75, 3.05) is 19.6 Å². The smallest absolute Gasteiger partial charge is 0.289 e. The van der Waals surface area contributed by atoms with E-state index in [-0.39, 0.29) is 16.6 Å². The van der Waals surface area contributed by atoms with Gasteiger partial charge in [-0.3, -0.25) is 10.1 Å². The minimum Gasteiger partial charge on any atom is -0.315 e. The summed E-state index contributed by atoms with van der Waals surface area (Å²) >= 11 is 0. The lowest BCUT2D eigenvalue weighted by molar-refractivity contribution is -0.388. The zero-order chi connectivity index (χ0) is 17.2. The molecule has 23 heavy (non-hydrogen) atoms. The number of aryl methyl sites for hydroxylation is 1. The summed E-state index contributed by atoms with van der Waals surface area (Å²) in [6.45, 7) is 7.00. The molecule has 8 heteroatoms. The van der Waals surface area contributed by atoms with Gasteiger partial charge in [0.05, 0.1) is 4.92 Å². The summed E-state index contributed by atoms with van der Waals surface area (Å²) in [7, 11) is -3.92. The number of nitro groups is 1. The standard InChI is InChI=1S/C15H23N3O4S/c1-4-9-17(13-7-8-16-10-13)23(21,22)15-12(3)11(2)5-6-14(15)18(19)20/h5-6,13,16H,4,7-10H2,1-3H3. The average molecular weight is 341 g/mol. The maximum absolute atomic E-state index is 13.2. The Morgan fingerprint density at radius 1 is 1.39 bits per heavy atom. The topological polar surface area (TPSA) is 92.6 Å². The van der Waals surface area contributed by atoms with Crippen LogP contribution in [0.4, 0.5) is 5.69 Å². The predicted molar refractivity (Wildman–Crippen MR) is 88.0 cm³/mol. The van der Waals surface area contributed by atoms with E-state index in [1.165, 1.54) is 10.4 Å². The molecule has 1 aliphatic heterocycles. The van der Waals surface area contributed by atoms with Crippen molar-refractivity contribution in [2.24, 2.45) is 0 Å². The Kier molecular flexibility index (Phi) is 5.38. The largest absolute Gasteiger partial charge is 0.315 e. The van der Waals surface area contributed by atoms with E-state index in [0.29, 0.717) is 25.1 Å². The summed E-state index contributed by atoms with van der Waals surface area (Å²) in [5.41, 5.74) is 0.835. The van der Waals surface area contributed by atoms with E-state index in [0.717, 1.165) is 18.5 Å². The first kappa shape index (κ1) is 17.8.